The van der Waals surface area contributed by atoms with Crippen molar-refractivity contribution in [3.63, 3.8) is 0 Å². The normalized spacial score (nSPS) is 22.1. The molecule has 0 N–H and O–H groups in total. The number of hydrogen-bond acceptors (Lipinski definition) is 3. The Morgan fingerprint density at radius 1 is 1.17 bits per heavy atom. The van der Waals surface area contributed by atoms with Gasteiger partial charge in [-0.1, -0.05) is 15.9 Å². The zero-order valence-corrected chi connectivity index (χ0v) is 16.7. The van der Waals surface area contributed by atoms with Crippen LogP contribution >= 0.6 is 15.9 Å². The van der Waals surface area contributed by atoms with Crippen LogP contribution in [0.5, 0.6) is 0 Å². The Balaban J connectivity index is 2.30. The van der Waals surface area contributed by atoms with Gasteiger partial charge in [-0.3, -0.25) is 4.31 Å². The SMILES string of the molecule is CCOC1CCC(N(c2cc(C)c(Br)c(C)c2)S(C)(=O)=O)CC1. The topological polar surface area (TPSA) is 46.6 Å². The number of halogens is 1. The first-order valence-electron chi connectivity index (χ1n) is 8.11. The van der Waals surface area contributed by atoms with Crippen molar-refractivity contribution in [3.8, 4) is 0 Å². The predicted molar refractivity (Wildman–Crippen MR) is 98.6 cm³/mol. The van der Waals surface area contributed by atoms with E-state index in [2.05, 4.69) is 15.9 Å². The maximum atomic E-state index is 12.4. The molecule has 4 nitrogen and oxygen atoms in total. The van der Waals surface area contributed by atoms with Crippen molar-refractivity contribution in [3.05, 3.63) is 27.7 Å². The number of nitrogens with zero attached hydrogens (tertiary/aromatic N) is 1. The summed E-state index contributed by atoms with van der Waals surface area (Å²) in [5.74, 6) is 0. The lowest BCUT2D eigenvalue weighted by atomic mass is 9.92. The fourth-order valence-electron chi connectivity index (χ4n) is 3.41. The molecule has 0 bridgehead atoms. The van der Waals surface area contributed by atoms with Gasteiger partial charge in [0.1, 0.15) is 0 Å². The van der Waals surface area contributed by atoms with E-state index in [0.717, 1.165) is 53.6 Å². The van der Waals surface area contributed by atoms with E-state index in [1.165, 1.54) is 6.26 Å². The highest BCUT2D eigenvalue weighted by atomic mass is 79.9. The summed E-state index contributed by atoms with van der Waals surface area (Å²) in [7, 11) is -3.32. The van der Waals surface area contributed by atoms with E-state index in [9.17, 15) is 8.42 Å². The number of benzene rings is 1. The van der Waals surface area contributed by atoms with Crippen molar-refractivity contribution in [1.29, 1.82) is 0 Å². The first kappa shape index (κ1) is 18.7. The molecule has 1 aromatic carbocycles. The Morgan fingerprint density at radius 2 is 1.70 bits per heavy atom. The molecule has 2 rings (SSSR count). The third kappa shape index (κ3) is 4.48. The molecule has 6 heteroatoms. The minimum atomic E-state index is -3.32. The summed E-state index contributed by atoms with van der Waals surface area (Å²) in [6.07, 6.45) is 5.08. The third-order valence-electron chi connectivity index (χ3n) is 4.41. The van der Waals surface area contributed by atoms with E-state index in [-0.39, 0.29) is 12.1 Å². The van der Waals surface area contributed by atoms with Crippen LogP contribution in [0.2, 0.25) is 0 Å². The van der Waals surface area contributed by atoms with Gasteiger partial charge < -0.3 is 4.74 Å². The molecule has 0 aromatic heterocycles. The molecule has 0 amide bonds. The van der Waals surface area contributed by atoms with Crippen LogP contribution in [0.1, 0.15) is 43.7 Å². The monoisotopic (exact) mass is 403 g/mol. The first-order valence-corrected chi connectivity index (χ1v) is 10.8. The maximum Gasteiger partial charge on any atom is 0.232 e. The first-order chi connectivity index (χ1) is 10.7. The molecule has 130 valence electrons. The van der Waals surface area contributed by atoms with Crippen LogP contribution in [-0.4, -0.2) is 33.4 Å². The number of anilines is 1. The van der Waals surface area contributed by atoms with Gasteiger partial charge in [0.25, 0.3) is 0 Å². The second-order valence-corrected chi connectivity index (χ2v) is 8.99. The summed E-state index contributed by atoms with van der Waals surface area (Å²) in [5.41, 5.74) is 2.87. The number of sulfonamides is 1. The molecule has 23 heavy (non-hydrogen) atoms. The van der Waals surface area contributed by atoms with Gasteiger partial charge in [-0.2, -0.15) is 0 Å². The molecule has 0 atom stereocenters. The minimum Gasteiger partial charge on any atom is -0.379 e. The fraction of sp³-hybridized carbons (Fsp3) is 0.647. The van der Waals surface area contributed by atoms with E-state index in [4.69, 9.17) is 4.74 Å². The van der Waals surface area contributed by atoms with Gasteiger partial charge >= 0.3 is 0 Å². The molecule has 1 aliphatic carbocycles. The summed E-state index contributed by atoms with van der Waals surface area (Å²) in [5, 5.41) is 0. The van der Waals surface area contributed by atoms with E-state index in [1.54, 1.807) is 4.31 Å². The van der Waals surface area contributed by atoms with Gasteiger partial charge in [0.15, 0.2) is 0 Å². The summed E-state index contributed by atoms with van der Waals surface area (Å²) in [6, 6.07) is 3.92. The van der Waals surface area contributed by atoms with E-state index < -0.39 is 10.0 Å². The van der Waals surface area contributed by atoms with Gasteiger partial charge in [-0.25, -0.2) is 8.42 Å². The number of aryl methyl sites for hydroxylation is 2. The lowest BCUT2D eigenvalue weighted by Crippen LogP contribution is -2.43. The smallest absolute Gasteiger partial charge is 0.232 e. The molecule has 0 aliphatic heterocycles. The maximum absolute atomic E-state index is 12.4. The molecule has 1 saturated carbocycles. The Kier molecular flexibility index (Phi) is 6.14. The molecule has 0 radical (unpaired) electrons. The Morgan fingerprint density at radius 3 is 2.13 bits per heavy atom. The highest BCUT2D eigenvalue weighted by Crippen LogP contribution is 2.34. The second-order valence-electron chi connectivity index (χ2n) is 6.34. The zero-order valence-electron chi connectivity index (χ0n) is 14.3. The average molecular weight is 404 g/mol. The third-order valence-corrected chi connectivity index (χ3v) is 6.89. The largest absolute Gasteiger partial charge is 0.379 e. The van der Waals surface area contributed by atoms with Crippen LogP contribution in [0.25, 0.3) is 0 Å². The highest BCUT2D eigenvalue weighted by Gasteiger charge is 2.31. The van der Waals surface area contributed by atoms with Crippen LogP contribution in [0, 0.1) is 13.8 Å². The van der Waals surface area contributed by atoms with Crippen molar-refractivity contribution in [1.82, 2.24) is 0 Å². The molecule has 0 spiro atoms. The molecular formula is C17H26BrNO3S. The Labute approximate surface area is 148 Å². The molecule has 1 fully saturated rings. The summed E-state index contributed by atoms with van der Waals surface area (Å²) < 4.78 is 33.2. The lowest BCUT2D eigenvalue weighted by molar-refractivity contribution is 0.0337. The van der Waals surface area contributed by atoms with E-state index in [0.29, 0.717) is 0 Å². The number of hydrogen-bond donors (Lipinski definition) is 0. The second kappa shape index (κ2) is 7.53. The molecule has 1 aromatic rings. The summed E-state index contributed by atoms with van der Waals surface area (Å²) >= 11 is 3.55. The van der Waals surface area contributed by atoms with Crippen LogP contribution in [0.3, 0.4) is 0 Å². The zero-order chi connectivity index (χ0) is 17.2. The van der Waals surface area contributed by atoms with Crippen molar-refractivity contribution in [2.24, 2.45) is 0 Å². The van der Waals surface area contributed by atoms with Gasteiger partial charge in [0, 0.05) is 17.1 Å². The molecular weight excluding hydrogens is 378 g/mol. The van der Waals surface area contributed by atoms with Crippen LogP contribution in [0.4, 0.5) is 5.69 Å². The van der Waals surface area contributed by atoms with E-state index >= 15 is 0 Å². The lowest BCUT2D eigenvalue weighted by Gasteiger charge is -2.37. The minimum absolute atomic E-state index is 0.0154. The van der Waals surface area contributed by atoms with Crippen LogP contribution in [0.15, 0.2) is 16.6 Å². The van der Waals surface area contributed by atoms with Crippen LogP contribution in [-0.2, 0) is 14.8 Å². The fourth-order valence-corrected chi connectivity index (χ4v) is 4.88. The van der Waals surface area contributed by atoms with Crippen molar-refractivity contribution in [2.45, 2.75) is 58.6 Å². The van der Waals surface area contributed by atoms with Crippen molar-refractivity contribution < 1.29 is 13.2 Å². The Hall–Kier alpha value is -0.590. The summed E-state index contributed by atoms with van der Waals surface area (Å²) in [6.45, 7) is 6.71. The standard InChI is InChI=1S/C17H26BrNO3S/c1-5-22-16-8-6-14(7-9-16)19(23(4,20)21)15-10-12(2)17(18)13(3)11-15/h10-11,14,16H,5-9H2,1-4H3. The predicted octanol–water partition coefficient (Wildman–Crippen LogP) is 4.18. The molecule has 1 aliphatic rings. The van der Waals surface area contributed by atoms with E-state index in [1.807, 2.05) is 32.9 Å². The number of rotatable bonds is 5. The van der Waals surface area contributed by atoms with Crippen LogP contribution < -0.4 is 4.31 Å². The quantitative estimate of drug-likeness (QED) is 0.740. The van der Waals surface area contributed by atoms with Gasteiger partial charge in [-0.15, -0.1) is 0 Å². The summed E-state index contributed by atoms with van der Waals surface area (Å²) in [4.78, 5) is 0. The molecule has 0 heterocycles. The van der Waals surface area contributed by atoms with Gasteiger partial charge in [0.05, 0.1) is 18.0 Å². The van der Waals surface area contributed by atoms with Crippen molar-refractivity contribution in [2.75, 3.05) is 17.2 Å². The average Bonchev–Trinajstić information content (AvgIpc) is 2.45. The number of ether oxygens (including phenoxy) is 1. The molecule has 0 unspecified atom stereocenters. The van der Waals surface area contributed by atoms with Gasteiger partial charge in [0.2, 0.25) is 10.0 Å². The molecule has 0 saturated heterocycles. The van der Waals surface area contributed by atoms with Gasteiger partial charge in [-0.05, 0) is 69.7 Å². The Bertz CT molecular complexity index is 629. The highest BCUT2D eigenvalue weighted by molar-refractivity contribution is 9.10. The van der Waals surface area contributed by atoms with Crippen molar-refractivity contribution >= 4 is 31.6 Å².